The number of benzene rings is 1. The van der Waals surface area contributed by atoms with Crippen LogP contribution >= 0.6 is 0 Å². The molecule has 1 aromatic heterocycles. The molecule has 0 atom stereocenters. The zero-order chi connectivity index (χ0) is 13.1. The smallest absolute Gasteiger partial charge is 0.296 e. The maximum absolute atomic E-state index is 11.6. The SMILES string of the molecule is COc1cccc(N=Nc2c(N)[nH]n(C)c2=O)c1. The second-order valence-electron chi connectivity index (χ2n) is 3.64. The third-order valence-corrected chi connectivity index (χ3v) is 2.37. The van der Waals surface area contributed by atoms with Crippen molar-refractivity contribution in [3.8, 4) is 5.75 Å². The highest BCUT2D eigenvalue weighted by Gasteiger charge is 2.08. The Balaban J connectivity index is 2.32. The Bertz CT molecular complexity index is 641. The van der Waals surface area contributed by atoms with Crippen molar-refractivity contribution in [3.05, 3.63) is 34.6 Å². The summed E-state index contributed by atoms with van der Waals surface area (Å²) in [6.07, 6.45) is 0. The van der Waals surface area contributed by atoms with Crippen LogP contribution in [0.2, 0.25) is 0 Å². The molecule has 0 saturated carbocycles. The number of hydrogen-bond donors (Lipinski definition) is 2. The lowest BCUT2D eigenvalue weighted by Gasteiger charge is -1.98. The first-order chi connectivity index (χ1) is 8.61. The van der Waals surface area contributed by atoms with Gasteiger partial charge in [-0.3, -0.25) is 14.6 Å². The molecule has 0 aliphatic heterocycles. The fourth-order valence-electron chi connectivity index (χ4n) is 1.44. The van der Waals surface area contributed by atoms with E-state index in [2.05, 4.69) is 15.3 Å². The maximum atomic E-state index is 11.6. The minimum absolute atomic E-state index is 0.0975. The highest BCUT2D eigenvalue weighted by atomic mass is 16.5. The second-order valence-corrected chi connectivity index (χ2v) is 3.64. The summed E-state index contributed by atoms with van der Waals surface area (Å²) in [6.45, 7) is 0. The number of aryl methyl sites for hydroxylation is 1. The quantitative estimate of drug-likeness (QED) is 0.808. The molecule has 2 aromatic rings. The summed E-state index contributed by atoms with van der Waals surface area (Å²) < 4.78 is 6.31. The Morgan fingerprint density at radius 3 is 2.78 bits per heavy atom. The summed E-state index contributed by atoms with van der Waals surface area (Å²) in [4.78, 5) is 11.6. The van der Waals surface area contributed by atoms with Crippen LogP contribution in [-0.2, 0) is 7.05 Å². The molecule has 0 bridgehead atoms. The van der Waals surface area contributed by atoms with Crippen LogP contribution in [0.5, 0.6) is 5.75 Å². The summed E-state index contributed by atoms with van der Waals surface area (Å²) >= 11 is 0. The van der Waals surface area contributed by atoms with Crippen LogP contribution in [0.3, 0.4) is 0 Å². The average Bonchev–Trinajstić information content (AvgIpc) is 2.61. The number of azo groups is 1. The van der Waals surface area contributed by atoms with Crippen LogP contribution in [0.15, 0.2) is 39.3 Å². The fraction of sp³-hybridized carbons (Fsp3) is 0.182. The number of nitrogens with one attached hydrogen (secondary N) is 1. The number of hydrogen-bond acceptors (Lipinski definition) is 5. The van der Waals surface area contributed by atoms with Crippen molar-refractivity contribution in [1.82, 2.24) is 9.78 Å². The Morgan fingerprint density at radius 2 is 2.17 bits per heavy atom. The molecule has 94 valence electrons. The van der Waals surface area contributed by atoms with E-state index in [0.29, 0.717) is 11.4 Å². The molecule has 0 spiro atoms. The van der Waals surface area contributed by atoms with Crippen LogP contribution in [0.1, 0.15) is 0 Å². The van der Waals surface area contributed by atoms with Gasteiger partial charge in [0, 0.05) is 13.1 Å². The number of anilines is 1. The molecule has 0 aliphatic carbocycles. The average molecular weight is 247 g/mol. The number of ether oxygens (including phenoxy) is 1. The first-order valence-electron chi connectivity index (χ1n) is 5.22. The molecule has 1 heterocycles. The number of nitrogens with zero attached hydrogens (tertiary/aromatic N) is 3. The Labute approximate surface area is 103 Å². The predicted octanol–water partition coefficient (Wildman–Crippen LogP) is 1.72. The summed E-state index contributed by atoms with van der Waals surface area (Å²) in [7, 11) is 3.12. The van der Waals surface area contributed by atoms with E-state index in [-0.39, 0.29) is 17.1 Å². The molecule has 0 fully saturated rings. The minimum atomic E-state index is -0.320. The molecule has 2 rings (SSSR count). The summed E-state index contributed by atoms with van der Waals surface area (Å²) in [5.41, 5.74) is 5.97. The summed E-state index contributed by atoms with van der Waals surface area (Å²) in [5.74, 6) is 0.857. The number of H-pyrrole nitrogens is 1. The van der Waals surface area contributed by atoms with Gasteiger partial charge in [-0.2, -0.15) is 5.11 Å². The maximum Gasteiger partial charge on any atom is 0.296 e. The van der Waals surface area contributed by atoms with Crippen molar-refractivity contribution < 1.29 is 4.74 Å². The molecular formula is C11H13N5O2. The molecular weight excluding hydrogens is 234 g/mol. The normalized spacial score (nSPS) is 11.0. The Kier molecular flexibility index (Phi) is 3.13. The van der Waals surface area contributed by atoms with Gasteiger partial charge in [0.1, 0.15) is 11.6 Å². The largest absolute Gasteiger partial charge is 0.497 e. The molecule has 7 nitrogen and oxygen atoms in total. The molecule has 7 heteroatoms. The molecule has 18 heavy (non-hydrogen) atoms. The van der Waals surface area contributed by atoms with Gasteiger partial charge in [0.2, 0.25) is 0 Å². The van der Waals surface area contributed by atoms with Crippen LogP contribution in [0, 0.1) is 0 Å². The topological polar surface area (TPSA) is 97.8 Å². The lowest BCUT2D eigenvalue weighted by atomic mass is 10.3. The first-order valence-corrected chi connectivity index (χ1v) is 5.22. The van der Waals surface area contributed by atoms with E-state index in [4.69, 9.17) is 10.5 Å². The standard InChI is InChI=1S/C11H13N5O2/c1-16-11(17)9(10(12)15-16)14-13-7-4-3-5-8(6-7)18-2/h3-6,15H,12H2,1-2H3. The van der Waals surface area contributed by atoms with E-state index in [0.717, 1.165) is 0 Å². The van der Waals surface area contributed by atoms with Crippen molar-refractivity contribution in [1.29, 1.82) is 0 Å². The van der Waals surface area contributed by atoms with E-state index in [1.165, 1.54) is 4.68 Å². The second kappa shape index (κ2) is 4.74. The van der Waals surface area contributed by atoms with Gasteiger partial charge in [0.25, 0.3) is 5.56 Å². The van der Waals surface area contributed by atoms with E-state index in [1.807, 2.05) is 0 Å². The zero-order valence-corrected chi connectivity index (χ0v) is 10.0. The molecule has 1 aromatic carbocycles. The van der Waals surface area contributed by atoms with Crippen LogP contribution in [-0.4, -0.2) is 16.9 Å². The van der Waals surface area contributed by atoms with Gasteiger partial charge < -0.3 is 10.5 Å². The van der Waals surface area contributed by atoms with Gasteiger partial charge in [-0.05, 0) is 12.1 Å². The Hall–Kier alpha value is -2.57. The number of nitrogen functional groups attached to an aromatic ring is 1. The molecule has 0 saturated heterocycles. The third-order valence-electron chi connectivity index (χ3n) is 2.37. The van der Waals surface area contributed by atoms with Gasteiger partial charge in [0.05, 0.1) is 12.8 Å². The lowest BCUT2D eigenvalue weighted by molar-refractivity contribution is 0.415. The first kappa shape index (κ1) is 11.9. The Morgan fingerprint density at radius 1 is 1.39 bits per heavy atom. The van der Waals surface area contributed by atoms with Crippen LogP contribution in [0.4, 0.5) is 17.2 Å². The zero-order valence-electron chi connectivity index (χ0n) is 10.0. The molecule has 0 unspecified atom stereocenters. The molecule has 0 amide bonds. The number of aromatic amines is 1. The van der Waals surface area contributed by atoms with Crippen LogP contribution < -0.4 is 16.0 Å². The van der Waals surface area contributed by atoms with Crippen molar-refractivity contribution in [2.45, 2.75) is 0 Å². The van der Waals surface area contributed by atoms with Crippen molar-refractivity contribution in [2.24, 2.45) is 17.3 Å². The third kappa shape index (κ3) is 2.24. The highest BCUT2D eigenvalue weighted by molar-refractivity contribution is 5.55. The van der Waals surface area contributed by atoms with Crippen molar-refractivity contribution >= 4 is 17.2 Å². The van der Waals surface area contributed by atoms with Crippen LogP contribution in [0.25, 0.3) is 0 Å². The van der Waals surface area contributed by atoms with E-state index < -0.39 is 0 Å². The predicted molar refractivity (Wildman–Crippen MR) is 67.6 cm³/mol. The van der Waals surface area contributed by atoms with Gasteiger partial charge in [-0.15, -0.1) is 5.11 Å². The highest BCUT2D eigenvalue weighted by Crippen LogP contribution is 2.22. The molecule has 0 aliphatic rings. The van der Waals surface area contributed by atoms with E-state index >= 15 is 0 Å². The summed E-state index contributed by atoms with van der Waals surface area (Å²) in [5, 5.41) is 10.4. The number of rotatable bonds is 3. The van der Waals surface area contributed by atoms with E-state index in [1.54, 1.807) is 38.4 Å². The van der Waals surface area contributed by atoms with Crippen molar-refractivity contribution in [2.75, 3.05) is 12.8 Å². The minimum Gasteiger partial charge on any atom is -0.497 e. The van der Waals surface area contributed by atoms with Gasteiger partial charge in [-0.25, -0.2) is 0 Å². The molecule has 0 radical (unpaired) electrons. The lowest BCUT2D eigenvalue weighted by Crippen LogP contribution is -2.10. The number of aromatic nitrogens is 2. The number of nitrogens with two attached hydrogens (primary N) is 1. The molecule has 3 N–H and O–H groups in total. The van der Waals surface area contributed by atoms with Gasteiger partial charge >= 0.3 is 0 Å². The van der Waals surface area contributed by atoms with Gasteiger partial charge in [-0.1, -0.05) is 6.07 Å². The number of methoxy groups -OCH3 is 1. The summed E-state index contributed by atoms with van der Waals surface area (Å²) in [6, 6.07) is 7.03. The van der Waals surface area contributed by atoms with Gasteiger partial charge in [0.15, 0.2) is 5.69 Å². The monoisotopic (exact) mass is 247 g/mol. The van der Waals surface area contributed by atoms with E-state index in [9.17, 15) is 4.79 Å². The van der Waals surface area contributed by atoms with Crippen molar-refractivity contribution in [3.63, 3.8) is 0 Å². The fourth-order valence-corrected chi connectivity index (χ4v) is 1.44.